The number of carbonyl (C=O) groups excluding carboxylic acids is 1. The first kappa shape index (κ1) is 18.8. The zero-order valence-electron chi connectivity index (χ0n) is 15.5. The van der Waals surface area contributed by atoms with Crippen molar-refractivity contribution in [3.8, 4) is 5.75 Å². The lowest BCUT2D eigenvalue weighted by atomic mass is 10.1. The van der Waals surface area contributed by atoms with E-state index in [4.69, 9.17) is 4.74 Å². The Morgan fingerprint density at radius 2 is 1.93 bits per heavy atom. The third kappa shape index (κ3) is 4.62. The third-order valence-corrected chi connectivity index (χ3v) is 4.98. The molecule has 0 saturated heterocycles. The molecule has 1 fully saturated rings. The number of carbonyl (C=O) groups is 1. The lowest BCUT2D eigenvalue weighted by molar-refractivity contribution is -0.938. The summed E-state index contributed by atoms with van der Waals surface area (Å²) in [4.78, 5) is 24.6. The molecule has 3 rings (SSSR count). The lowest BCUT2D eigenvalue weighted by Crippen LogP contribution is -3.16. The summed E-state index contributed by atoms with van der Waals surface area (Å²) in [6.45, 7) is 2.60. The zero-order chi connectivity index (χ0) is 19.4. The van der Waals surface area contributed by atoms with Crippen molar-refractivity contribution < 1.29 is 19.4 Å². The van der Waals surface area contributed by atoms with Gasteiger partial charge in [-0.25, -0.2) is 0 Å². The Labute approximate surface area is 158 Å². The van der Waals surface area contributed by atoms with Gasteiger partial charge in [0.05, 0.1) is 18.1 Å². The number of rotatable bonds is 8. The van der Waals surface area contributed by atoms with E-state index in [-0.39, 0.29) is 23.3 Å². The average Bonchev–Trinajstić information content (AvgIpc) is 3.51. The van der Waals surface area contributed by atoms with E-state index in [1.165, 1.54) is 11.0 Å². The number of ether oxygens (including phenoxy) is 1. The lowest BCUT2D eigenvalue weighted by Gasteiger charge is -2.25. The summed E-state index contributed by atoms with van der Waals surface area (Å²) in [6.07, 6.45) is 2.18. The van der Waals surface area contributed by atoms with Gasteiger partial charge in [0.1, 0.15) is 18.0 Å². The second-order valence-electron chi connectivity index (χ2n) is 6.86. The van der Waals surface area contributed by atoms with Gasteiger partial charge in [0.25, 0.3) is 11.6 Å². The Bertz CT molecular complexity index is 818. The minimum atomic E-state index is -0.483. The highest BCUT2D eigenvalue weighted by molar-refractivity contribution is 5.95. The summed E-state index contributed by atoms with van der Waals surface area (Å²) >= 11 is 0. The number of hydrogen-bond acceptors (Lipinski definition) is 4. The molecule has 0 heterocycles. The molecule has 1 aliphatic carbocycles. The molecule has 2 N–H and O–H groups in total. The maximum Gasteiger partial charge on any atom is 0.292 e. The number of hydrogen-bond donors (Lipinski definition) is 2. The fourth-order valence-corrected chi connectivity index (χ4v) is 3.23. The first-order chi connectivity index (χ1) is 13.0. The van der Waals surface area contributed by atoms with Gasteiger partial charge in [-0.3, -0.25) is 14.9 Å². The second kappa shape index (κ2) is 8.18. The molecule has 1 aliphatic rings. The maximum atomic E-state index is 12.8. The quantitative estimate of drug-likeness (QED) is 0.551. The van der Waals surface area contributed by atoms with Gasteiger partial charge in [-0.1, -0.05) is 12.1 Å². The van der Waals surface area contributed by atoms with E-state index in [0.717, 1.165) is 30.7 Å². The third-order valence-electron chi connectivity index (χ3n) is 4.98. The number of nitro groups is 1. The van der Waals surface area contributed by atoms with Gasteiger partial charge in [0.15, 0.2) is 6.04 Å². The molecule has 7 nitrogen and oxygen atoms in total. The van der Waals surface area contributed by atoms with Crippen LogP contribution in [0.1, 0.15) is 25.3 Å². The maximum absolute atomic E-state index is 12.8. The van der Waals surface area contributed by atoms with Crippen LogP contribution < -0.4 is 15.0 Å². The molecule has 0 radical (unpaired) electrons. The van der Waals surface area contributed by atoms with Gasteiger partial charge in [0, 0.05) is 24.5 Å². The minimum Gasteiger partial charge on any atom is -0.497 e. The van der Waals surface area contributed by atoms with Crippen molar-refractivity contribution in [1.29, 1.82) is 0 Å². The topological polar surface area (TPSA) is 85.9 Å². The van der Waals surface area contributed by atoms with E-state index >= 15 is 0 Å². The minimum absolute atomic E-state index is 0.0961. The summed E-state index contributed by atoms with van der Waals surface area (Å²) in [6, 6.07) is 14.2. The highest BCUT2D eigenvalue weighted by atomic mass is 16.6. The first-order valence-corrected chi connectivity index (χ1v) is 9.02. The smallest absolute Gasteiger partial charge is 0.292 e. The number of para-hydroxylation sites is 2. The van der Waals surface area contributed by atoms with Gasteiger partial charge in [-0.2, -0.15) is 0 Å². The van der Waals surface area contributed by atoms with Crippen LogP contribution in [0.5, 0.6) is 5.75 Å². The van der Waals surface area contributed by atoms with E-state index in [9.17, 15) is 14.9 Å². The Kier molecular flexibility index (Phi) is 5.71. The molecule has 2 atom stereocenters. The van der Waals surface area contributed by atoms with Crippen molar-refractivity contribution in [2.45, 2.75) is 38.4 Å². The van der Waals surface area contributed by atoms with Crippen molar-refractivity contribution in [2.24, 2.45) is 0 Å². The van der Waals surface area contributed by atoms with E-state index in [0.29, 0.717) is 6.04 Å². The molecule has 2 aromatic rings. The molecular weight excluding hydrogens is 346 g/mol. The zero-order valence-corrected chi connectivity index (χ0v) is 15.5. The highest BCUT2D eigenvalue weighted by Gasteiger charge is 2.39. The SMILES string of the molecule is COc1ccc(C[NH+](C2CC2)[C@@H](C)C(=O)Nc2ccccc2[N+](=O)[O-])cc1. The molecule has 0 bridgehead atoms. The predicted octanol–water partition coefficient (Wildman–Crippen LogP) is 2.18. The molecule has 1 unspecified atom stereocenters. The summed E-state index contributed by atoms with van der Waals surface area (Å²) < 4.78 is 5.19. The monoisotopic (exact) mass is 370 g/mol. The molecule has 0 aromatic heterocycles. The molecule has 7 heteroatoms. The molecule has 142 valence electrons. The molecule has 2 aromatic carbocycles. The Morgan fingerprint density at radius 3 is 2.52 bits per heavy atom. The van der Waals surface area contributed by atoms with Crippen LogP contribution in [-0.4, -0.2) is 30.0 Å². The van der Waals surface area contributed by atoms with Gasteiger partial charge < -0.3 is 15.0 Å². The van der Waals surface area contributed by atoms with Crippen LogP contribution in [0.25, 0.3) is 0 Å². The second-order valence-corrected chi connectivity index (χ2v) is 6.86. The summed E-state index contributed by atoms with van der Waals surface area (Å²) in [5.74, 6) is 0.591. The van der Waals surface area contributed by atoms with Gasteiger partial charge in [-0.15, -0.1) is 0 Å². The van der Waals surface area contributed by atoms with Crippen molar-refractivity contribution in [2.75, 3.05) is 12.4 Å². The van der Waals surface area contributed by atoms with Crippen LogP contribution in [0.4, 0.5) is 11.4 Å². The molecule has 27 heavy (non-hydrogen) atoms. The number of benzene rings is 2. The van der Waals surface area contributed by atoms with Crippen LogP contribution in [0.2, 0.25) is 0 Å². The Balaban J connectivity index is 1.72. The summed E-state index contributed by atoms with van der Waals surface area (Å²) in [5.41, 5.74) is 1.27. The molecule has 1 amide bonds. The van der Waals surface area contributed by atoms with Crippen molar-refractivity contribution in [3.05, 3.63) is 64.2 Å². The number of quaternary nitrogens is 1. The summed E-state index contributed by atoms with van der Waals surface area (Å²) in [5, 5.41) is 13.9. The highest BCUT2D eigenvalue weighted by Crippen LogP contribution is 2.23. The number of anilines is 1. The van der Waals surface area contributed by atoms with Crippen molar-refractivity contribution in [1.82, 2.24) is 0 Å². The number of methoxy groups -OCH3 is 1. The van der Waals surface area contributed by atoms with E-state index in [1.807, 2.05) is 31.2 Å². The summed E-state index contributed by atoms with van der Waals surface area (Å²) in [7, 11) is 1.63. The molecule has 0 spiro atoms. The molecule has 0 aliphatic heterocycles. The van der Waals surface area contributed by atoms with Crippen molar-refractivity contribution >= 4 is 17.3 Å². The van der Waals surface area contributed by atoms with Crippen LogP contribution >= 0.6 is 0 Å². The van der Waals surface area contributed by atoms with Crippen LogP contribution in [0, 0.1) is 10.1 Å². The molecular formula is C20H24N3O4+. The predicted molar refractivity (Wildman–Crippen MR) is 102 cm³/mol. The van der Waals surface area contributed by atoms with Crippen LogP contribution in [-0.2, 0) is 11.3 Å². The fourth-order valence-electron chi connectivity index (χ4n) is 3.23. The van der Waals surface area contributed by atoms with Crippen LogP contribution in [0.15, 0.2) is 48.5 Å². The Morgan fingerprint density at radius 1 is 1.26 bits per heavy atom. The number of amides is 1. The Hall–Kier alpha value is -2.93. The largest absolute Gasteiger partial charge is 0.497 e. The van der Waals surface area contributed by atoms with E-state index < -0.39 is 4.92 Å². The average molecular weight is 370 g/mol. The number of nitro benzene ring substituents is 1. The van der Waals surface area contributed by atoms with E-state index in [1.54, 1.807) is 25.3 Å². The fraction of sp³-hybridized carbons (Fsp3) is 0.350. The van der Waals surface area contributed by atoms with Gasteiger partial charge in [0.2, 0.25) is 0 Å². The first-order valence-electron chi connectivity index (χ1n) is 9.02. The standard InChI is InChI=1S/C20H23N3O4/c1-14(20(24)21-18-5-3-4-6-19(18)23(25)26)22(16-9-10-16)13-15-7-11-17(27-2)12-8-15/h3-8,11-12,14,16H,9-10,13H2,1-2H3,(H,21,24)/p+1/t14-/m0/s1. The molecule has 1 saturated carbocycles. The normalized spacial score (nSPS) is 15.6. The van der Waals surface area contributed by atoms with E-state index in [2.05, 4.69) is 5.32 Å². The number of nitrogens with zero attached hydrogens (tertiary/aromatic N) is 1. The van der Waals surface area contributed by atoms with Gasteiger partial charge >= 0.3 is 0 Å². The number of nitrogens with one attached hydrogen (secondary N) is 2. The van der Waals surface area contributed by atoms with Gasteiger partial charge in [-0.05, 0) is 37.3 Å². The van der Waals surface area contributed by atoms with Crippen molar-refractivity contribution in [3.63, 3.8) is 0 Å². The van der Waals surface area contributed by atoms with Crippen LogP contribution in [0.3, 0.4) is 0 Å².